The van der Waals surface area contributed by atoms with Crippen molar-refractivity contribution < 1.29 is 10.0 Å². The molecule has 0 aliphatic heterocycles. The number of aromatic nitrogens is 2. The largest absolute Gasteiger partial charge is 0.409 e. The van der Waals surface area contributed by atoms with Gasteiger partial charge in [0, 0.05) is 5.41 Å². The lowest BCUT2D eigenvalue weighted by Crippen LogP contribution is -2.57. The van der Waals surface area contributed by atoms with Crippen LogP contribution in [-0.4, -0.2) is 32.1 Å². The van der Waals surface area contributed by atoms with Crippen LogP contribution in [0.25, 0.3) is 0 Å². The Labute approximate surface area is 128 Å². The predicted molar refractivity (Wildman–Crippen MR) is 82.8 cm³/mol. The number of rotatable bonds is 5. The number of hydrogen-bond donors (Lipinski definition) is 3. The minimum absolute atomic E-state index is 0.00404. The maximum Gasteiger partial charge on any atom is 0.265 e. The lowest BCUT2D eigenvalue weighted by molar-refractivity contribution is 0.0919. The topological polar surface area (TPSA) is 113 Å². The number of hydrogen-bond acceptors (Lipinski definition) is 6. The highest BCUT2D eigenvalue weighted by Crippen LogP contribution is 2.26. The molecule has 0 saturated carbocycles. The van der Waals surface area contributed by atoms with Crippen molar-refractivity contribution in [2.45, 2.75) is 58.4 Å². The van der Waals surface area contributed by atoms with Gasteiger partial charge in [-0.15, -0.1) is 5.10 Å². The summed E-state index contributed by atoms with van der Waals surface area (Å²) in [6, 6.07) is 0. The zero-order valence-electron chi connectivity index (χ0n) is 13.1. The van der Waals surface area contributed by atoms with E-state index in [1.807, 2.05) is 34.6 Å². The van der Waals surface area contributed by atoms with Crippen molar-refractivity contribution in [3.63, 3.8) is 0 Å². The van der Waals surface area contributed by atoms with E-state index in [0.29, 0.717) is 23.4 Å². The van der Waals surface area contributed by atoms with Crippen LogP contribution in [0.4, 0.5) is 0 Å². The molecular formula is C13H23N5O2S. The smallest absolute Gasteiger partial charge is 0.265 e. The molecule has 0 radical (unpaired) electrons. The van der Waals surface area contributed by atoms with Crippen LogP contribution in [0.15, 0.2) is 5.16 Å². The third kappa shape index (κ3) is 3.49. The van der Waals surface area contributed by atoms with Crippen LogP contribution in [0.3, 0.4) is 0 Å². The van der Waals surface area contributed by atoms with Gasteiger partial charge in [0.2, 0.25) is 0 Å². The van der Waals surface area contributed by atoms with Gasteiger partial charge in [-0.2, -0.15) is 0 Å². The first-order chi connectivity index (χ1) is 9.71. The lowest BCUT2D eigenvalue weighted by atomic mass is 9.89. The van der Waals surface area contributed by atoms with Crippen molar-refractivity contribution in [2.24, 2.45) is 10.9 Å². The first-order valence-corrected chi connectivity index (χ1v) is 7.62. The lowest BCUT2D eigenvalue weighted by Gasteiger charge is -2.31. The standard InChI is InChI=1S/C13H23N5O2S/c1-6-13(7-2,11(14)17-20)15-10(19)8-9(12(3,4)5)16-18-21-8/h20H,6-7H2,1-5H3,(H2,14,17)(H,15,19). The summed E-state index contributed by atoms with van der Waals surface area (Å²) in [5.74, 6) is -0.305. The van der Waals surface area contributed by atoms with Gasteiger partial charge in [-0.1, -0.05) is 44.3 Å². The van der Waals surface area contributed by atoms with E-state index >= 15 is 0 Å². The van der Waals surface area contributed by atoms with Crippen molar-refractivity contribution in [1.29, 1.82) is 0 Å². The summed E-state index contributed by atoms with van der Waals surface area (Å²) in [5, 5.41) is 18.9. The number of amidine groups is 1. The molecule has 1 amide bonds. The Hall–Kier alpha value is -1.70. The van der Waals surface area contributed by atoms with E-state index in [9.17, 15) is 4.79 Å². The molecule has 0 aliphatic carbocycles. The molecule has 4 N–H and O–H groups in total. The first-order valence-electron chi connectivity index (χ1n) is 6.85. The molecule has 0 unspecified atom stereocenters. The van der Waals surface area contributed by atoms with Gasteiger partial charge in [0.25, 0.3) is 5.91 Å². The number of nitrogens with one attached hydrogen (secondary N) is 1. The molecule has 0 saturated heterocycles. The quantitative estimate of drug-likeness (QED) is 0.332. The molecule has 0 spiro atoms. The summed E-state index contributed by atoms with van der Waals surface area (Å²) in [7, 11) is 0. The average Bonchev–Trinajstić information content (AvgIpc) is 2.93. The fourth-order valence-electron chi connectivity index (χ4n) is 2.05. The van der Waals surface area contributed by atoms with Crippen LogP contribution in [0, 0.1) is 0 Å². The second-order valence-corrected chi connectivity index (χ2v) is 6.68. The molecule has 1 heterocycles. The van der Waals surface area contributed by atoms with Crippen LogP contribution in [0.1, 0.15) is 62.8 Å². The Kier molecular flexibility index (Phi) is 5.27. The zero-order valence-corrected chi connectivity index (χ0v) is 13.9. The van der Waals surface area contributed by atoms with Crippen LogP contribution in [0.5, 0.6) is 0 Å². The van der Waals surface area contributed by atoms with Crippen LogP contribution in [-0.2, 0) is 5.41 Å². The van der Waals surface area contributed by atoms with E-state index in [2.05, 4.69) is 20.1 Å². The third-order valence-electron chi connectivity index (χ3n) is 3.56. The molecule has 7 nitrogen and oxygen atoms in total. The molecule has 1 aromatic heterocycles. The number of carbonyl (C=O) groups is 1. The predicted octanol–water partition coefficient (Wildman–Crippen LogP) is 1.87. The fourth-order valence-corrected chi connectivity index (χ4v) is 2.82. The van der Waals surface area contributed by atoms with E-state index in [1.165, 1.54) is 0 Å². The highest BCUT2D eigenvalue weighted by Gasteiger charge is 2.36. The zero-order chi connectivity index (χ0) is 16.3. The summed E-state index contributed by atoms with van der Waals surface area (Å²) in [5.41, 5.74) is 5.25. The SMILES string of the molecule is CCC(CC)(NC(=O)c1snnc1C(C)(C)C)C(N)=NO. The van der Waals surface area contributed by atoms with E-state index in [-0.39, 0.29) is 17.2 Å². The molecule has 0 aromatic carbocycles. The average molecular weight is 313 g/mol. The van der Waals surface area contributed by atoms with Crippen LogP contribution >= 0.6 is 11.5 Å². The number of nitrogens with zero attached hydrogens (tertiary/aromatic N) is 3. The van der Waals surface area contributed by atoms with Crippen molar-refractivity contribution in [3.8, 4) is 0 Å². The second kappa shape index (κ2) is 6.38. The molecule has 8 heteroatoms. The molecule has 1 rings (SSSR count). The summed E-state index contributed by atoms with van der Waals surface area (Å²) in [4.78, 5) is 13.0. The van der Waals surface area contributed by atoms with Crippen molar-refractivity contribution in [2.75, 3.05) is 0 Å². The van der Waals surface area contributed by atoms with Crippen molar-refractivity contribution in [3.05, 3.63) is 10.6 Å². The summed E-state index contributed by atoms with van der Waals surface area (Å²) >= 11 is 1.05. The Bertz CT molecular complexity index is 529. The van der Waals surface area contributed by atoms with E-state index in [4.69, 9.17) is 10.9 Å². The Morgan fingerprint density at radius 3 is 2.38 bits per heavy atom. The van der Waals surface area contributed by atoms with Gasteiger partial charge in [-0.3, -0.25) is 4.79 Å². The molecule has 0 bridgehead atoms. The molecule has 0 atom stereocenters. The highest BCUT2D eigenvalue weighted by molar-refractivity contribution is 7.08. The number of carbonyl (C=O) groups excluding carboxylic acids is 1. The van der Waals surface area contributed by atoms with E-state index < -0.39 is 5.54 Å². The van der Waals surface area contributed by atoms with E-state index in [0.717, 1.165) is 11.5 Å². The Balaban J connectivity index is 3.13. The van der Waals surface area contributed by atoms with Crippen LogP contribution < -0.4 is 11.1 Å². The third-order valence-corrected chi connectivity index (χ3v) is 4.29. The normalized spacial score (nSPS) is 13.3. The summed E-state index contributed by atoms with van der Waals surface area (Å²) in [6.07, 6.45) is 1.03. The van der Waals surface area contributed by atoms with Crippen molar-refractivity contribution >= 4 is 23.3 Å². The second-order valence-electron chi connectivity index (χ2n) is 5.93. The van der Waals surface area contributed by atoms with Gasteiger partial charge < -0.3 is 16.3 Å². The Morgan fingerprint density at radius 2 is 1.95 bits per heavy atom. The maximum absolute atomic E-state index is 12.6. The minimum Gasteiger partial charge on any atom is -0.409 e. The first kappa shape index (κ1) is 17.4. The molecule has 0 aliphatic rings. The molecule has 0 fully saturated rings. The van der Waals surface area contributed by atoms with Gasteiger partial charge in [-0.05, 0) is 24.4 Å². The number of amides is 1. The molecule has 118 valence electrons. The molecular weight excluding hydrogens is 290 g/mol. The monoisotopic (exact) mass is 313 g/mol. The Morgan fingerprint density at radius 1 is 1.38 bits per heavy atom. The number of nitrogens with two attached hydrogens (primary N) is 1. The fraction of sp³-hybridized carbons (Fsp3) is 0.692. The summed E-state index contributed by atoms with van der Waals surface area (Å²) in [6.45, 7) is 9.65. The van der Waals surface area contributed by atoms with E-state index in [1.54, 1.807) is 0 Å². The van der Waals surface area contributed by atoms with Gasteiger partial charge >= 0.3 is 0 Å². The van der Waals surface area contributed by atoms with Gasteiger partial charge in [-0.25, -0.2) is 0 Å². The van der Waals surface area contributed by atoms with Gasteiger partial charge in [0.1, 0.15) is 10.4 Å². The molecule has 1 aromatic rings. The van der Waals surface area contributed by atoms with Gasteiger partial charge in [0.05, 0.1) is 5.69 Å². The van der Waals surface area contributed by atoms with Gasteiger partial charge in [0.15, 0.2) is 5.84 Å². The summed E-state index contributed by atoms with van der Waals surface area (Å²) < 4.78 is 3.88. The number of oxime groups is 1. The van der Waals surface area contributed by atoms with Crippen LogP contribution in [0.2, 0.25) is 0 Å². The minimum atomic E-state index is -0.870. The van der Waals surface area contributed by atoms with Crippen molar-refractivity contribution in [1.82, 2.24) is 14.9 Å². The highest BCUT2D eigenvalue weighted by atomic mass is 32.1. The molecule has 21 heavy (non-hydrogen) atoms. The maximum atomic E-state index is 12.6.